The molecule has 0 heterocycles. The number of hydrogen-bond acceptors (Lipinski definition) is 3. The van der Waals surface area contributed by atoms with Crippen molar-refractivity contribution in [2.24, 2.45) is 0 Å². The SMILES string of the molecule is OCCOCCNc1ccc(Cl)cc1. The second-order valence-corrected chi connectivity index (χ2v) is 3.21. The number of nitrogens with one attached hydrogen (secondary N) is 1. The Morgan fingerprint density at radius 1 is 1.21 bits per heavy atom. The van der Waals surface area contributed by atoms with Gasteiger partial charge in [0.1, 0.15) is 0 Å². The van der Waals surface area contributed by atoms with E-state index in [0.717, 1.165) is 17.3 Å². The van der Waals surface area contributed by atoms with Gasteiger partial charge >= 0.3 is 0 Å². The van der Waals surface area contributed by atoms with Gasteiger partial charge in [0.2, 0.25) is 0 Å². The first kappa shape index (κ1) is 11.3. The number of benzene rings is 1. The summed E-state index contributed by atoms with van der Waals surface area (Å²) in [5.41, 5.74) is 1.02. The predicted octanol–water partition coefficient (Wildman–Crippen LogP) is 1.76. The smallest absolute Gasteiger partial charge is 0.0698 e. The fourth-order valence-corrected chi connectivity index (χ4v) is 1.13. The van der Waals surface area contributed by atoms with Crippen LogP contribution in [0.25, 0.3) is 0 Å². The molecule has 0 saturated carbocycles. The molecule has 1 aromatic rings. The van der Waals surface area contributed by atoms with Crippen molar-refractivity contribution in [3.8, 4) is 0 Å². The van der Waals surface area contributed by atoms with Crippen LogP contribution < -0.4 is 5.32 Å². The summed E-state index contributed by atoms with van der Waals surface area (Å²) in [6.45, 7) is 1.77. The molecule has 0 spiro atoms. The zero-order valence-electron chi connectivity index (χ0n) is 7.87. The topological polar surface area (TPSA) is 41.5 Å². The molecule has 14 heavy (non-hydrogen) atoms. The molecule has 0 atom stereocenters. The van der Waals surface area contributed by atoms with Gasteiger partial charge in [0.05, 0.1) is 19.8 Å². The molecule has 0 bridgehead atoms. The van der Waals surface area contributed by atoms with Gasteiger partial charge in [-0.2, -0.15) is 0 Å². The van der Waals surface area contributed by atoms with Crippen LogP contribution >= 0.6 is 11.6 Å². The lowest BCUT2D eigenvalue weighted by Crippen LogP contribution is -2.11. The van der Waals surface area contributed by atoms with Crippen molar-refractivity contribution in [1.82, 2.24) is 0 Å². The second-order valence-electron chi connectivity index (χ2n) is 2.77. The Morgan fingerprint density at radius 3 is 2.57 bits per heavy atom. The summed E-state index contributed by atoms with van der Waals surface area (Å²) in [5.74, 6) is 0. The van der Waals surface area contributed by atoms with Crippen molar-refractivity contribution in [3.63, 3.8) is 0 Å². The maximum atomic E-state index is 8.45. The zero-order valence-corrected chi connectivity index (χ0v) is 8.63. The lowest BCUT2D eigenvalue weighted by molar-refractivity contribution is 0.0992. The van der Waals surface area contributed by atoms with E-state index in [2.05, 4.69) is 5.32 Å². The highest BCUT2D eigenvalue weighted by Gasteiger charge is 1.91. The molecule has 0 saturated heterocycles. The Bertz CT molecular complexity index is 251. The molecule has 0 aliphatic heterocycles. The third-order valence-electron chi connectivity index (χ3n) is 1.66. The monoisotopic (exact) mass is 215 g/mol. The molecule has 78 valence electrons. The van der Waals surface area contributed by atoms with E-state index in [0.29, 0.717) is 13.2 Å². The first-order valence-electron chi connectivity index (χ1n) is 4.51. The fraction of sp³-hybridized carbons (Fsp3) is 0.400. The normalized spacial score (nSPS) is 10.1. The van der Waals surface area contributed by atoms with E-state index in [1.807, 2.05) is 24.3 Å². The van der Waals surface area contributed by atoms with E-state index in [1.165, 1.54) is 0 Å². The van der Waals surface area contributed by atoms with E-state index in [9.17, 15) is 0 Å². The summed E-state index contributed by atoms with van der Waals surface area (Å²) in [7, 11) is 0. The first-order valence-corrected chi connectivity index (χ1v) is 4.89. The number of rotatable bonds is 6. The minimum absolute atomic E-state index is 0.0704. The molecule has 3 nitrogen and oxygen atoms in total. The molecule has 0 unspecified atom stereocenters. The van der Waals surface area contributed by atoms with Crippen LogP contribution in [0.3, 0.4) is 0 Å². The fourth-order valence-electron chi connectivity index (χ4n) is 1.00. The Labute approximate surface area is 88.7 Å². The van der Waals surface area contributed by atoms with Crippen LogP contribution in [0.4, 0.5) is 5.69 Å². The third-order valence-corrected chi connectivity index (χ3v) is 1.91. The van der Waals surface area contributed by atoms with Crippen molar-refractivity contribution in [2.75, 3.05) is 31.7 Å². The highest BCUT2D eigenvalue weighted by Crippen LogP contribution is 2.12. The minimum atomic E-state index is 0.0704. The number of anilines is 1. The Balaban J connectivity index is 2.15. The van der Waals surface area contributed by atoms with E-state index >= 15 is 0 Å². The van der Waals surface area contributed by atoms with Gasteiger partial charge in [-0.1, -0.05) is 11.6 Å². The van der Waals surface area contributed by atoms with Gasteiger partial charge in [0, 0.05) is 17.3 Å². The van der Waals surface area contributed by atoms with Crippen molar-refractivity contribution >= 4 is 17.3 Å². The average molecular weight is 216 g/mol. The molecule has 4 heteroatoms. The highest BCUT2D eigenvalue weighted by atomic mass is 35.5. The largest absolute Gasteiger partial charge is 0.394 e. The van der Waals surface area contributed by atoms with Crippen LogP contribution in [0, 0.1) is 0 Å². The van der Waals surface area contributed by atoms with Crippen molar-refractivity contribution in [1.29, 1.82) is 0 Å². The number of hydrogen-bond donors (Lipinski definition) is 2. The summed E-state index contributed by atoms with van der Waals surface area (Å²) < 4.78 is 5.09. The lowest BCUT2D eigenvalue weighted by atomic mass is 10.3. The molecule has 0 aliphatic rings. The number of ether oxygens (including phenoxy) is 1. The zero-order chi connectivity index (χ0) is 10.2. The molecular weight excluding hydrogens is 202 g/mol. The van der Waals surface area contributed by atoms with E-state index in [4.69, 9.17) is 21.4 Å². The van der Waals surface area contributed by atoms with Crippen molar-refractivity contribution in [2.45, 2.75) is 0 Å². The average Bonchev–Trinajstić information content (AvgIpc) is 2.21. The van der Waals surface area contributed by atoms with Gasteiger partial charge in [-0.05, 0) is 24.3 Å². The number of aliphatic hydroxyl groups is 1. The van der Waals surface area contributed by atoms with Gasteiger partial charge in [-0.25, -0.2) is 0 Å². The summed E-state index contributed by atoms with van der Waals surface area (Å²) in [6, 6.07) is 7.49. The molecule has 1 aromatic carbocycles. The van der Waals surface area contributed by atoms with Crippen LogP contribution in [0.15, 0.2) is 24.3 Å². The minimum Gasteiger partial charge on any atom is -0.394 e. The van der Waals surface area contributed by atoms with Crippen LogP contribution in [0.1, 0.15) is 0 Å². The van der Waals surface area contributed by atoms with Crippen LogP contribution in [0.2, 0.25) is 5.02 Å². The first-order chi connectivity index (χ1) is 6.83. The molecule has 0 radical (unpaired) electrons. The summed E-state index contributed by atoms with van der Waals surface area (Å²) in [4.78, 5) is 0. The molecule has 0 amide bonds. The molecule has 1 rings (SSSR count). The molecule has 0 aliphatic carbocycles. The van der Waals surface area contributed by atoms with Gasteiger partial charge < -0.3 is 15.2 Å². The van der Waals surface area contributed by atoms with Gasteiger partial charge in [0.25, 0.3) is 0 Å². The van der Waals surface area contributed by atoms with Crippen LogP contribution in [0.5, 0.6) is 0 Å². The van der Waals surface area contributed by atoms with Gasteiger partial charge in [0.15, 0.2) is 0 Å². The second kappa shape index (κ2) is 6.65. The number of halogens is 1. The molecular formula is C10H14ClNO2. The molecule has 0 fully saturated rings. The van der Waals surface area contributed by atoms with E-state index in [-0.39, 0.29) is 6.61 Å². The summed E-state index contributed by atoms with van der Waals surface area (Å²) in [5, 5.41) is 12.3. The lowest BCUT2D eigenvalue weighted by Gasteiger charge is -2.06. The van der Waals surface area contributed by atoms with E-state index < -0.39 is 0 Å². The number of aliphatic hydroxyl groups excluding tert-OH is 1. The Kier molecular flexibility index (Phi) is 5.37. The van der Waals surface area contributed by atoms with Crippen LogP contribution in [-0.4, -0.2) is 31.5 Å². The standard InChI is InChI=1S/C10H14ClNO2/c11-9-1-3-10(4-2-9)12-5-7-14-8-6-13/h1-4,12-13H,5-8H2. The maximum Gasteiger partial charge on any atom is 0.0698 e. The predicted molar refractivity (Wildman–Crippen MR) is 57.8 cm³/mol. The Morgan fingerprint density at radius 2 is 1.93 bits per heavy atom. The summed E-state index contributed by atoms with van der Waals surface area (Å²) in [6.07, 6.45) is 0. The quantitative estimate of drug-likeness (QED) is 0.711. The highest BCUT2D eigenvalue weighted by molar-refractivity contribution is 6.30. The third kappa shape index (κ3) is 4.46. The summed E-state index contributed by atoms with van der Waals surface area (Å²) >= 11 is 5.73. The molecule has 2 N–H and O–H groups in total. The van der Waals surface area contributed by atoms with E-state index in [1.54, 1.807) is 0 Å². The Hall–Kier alpha value is -0.770. The van der Waals surface area contributed by atoms with Gasteiger partial charge in [-0.3, -0.25) is 0 Å². The van der Waals surface area contributed by atoms with Crippen molar-refractivity contribution in [3.05, 3.63) is 29.3 Å². The van der Waals surface area contributed by atoms with Crippen molar-refractivity contribution < 1.29 is 9.84 Å². The van der Waals surface area contributed by atoms with Crippen LogP contribution in [-0.2, 0) is 4.74 Å². The van der Waals surface area contributed by atoms with Gasteiger partial charge in [-0.15, -0.1) is 0 Å². The maximum absolute atomic E-state index is 8.45. The molecule has 0 aromatic heterocycles.